The van der Waals surface area contributed by atoms with E-state index in [4.69, 9.17) is 15.3 Å². The summed E-state index contributed by atoms with van der Waals surface area (Å²) in [5.74, 6) is 7.36. The van der Waals surface area contributed by atoms with Crippen LogP contribution in [-0.2, 0) is 0 Å². The molecular formula is C16H20N2O2. The Morgan fingerprint density at radius 1 is 1.05 bits per heavy atom. The van der Waals surface area contributed by atoms with Gasteiger partial charge in [-0.1, -0.05) is 24.3 Å². The summed E-state index contributed by atoms with van der Waals surface area (Å²) in [4.78, 5) is 0. The normalized spacial score (nSPS) is 12.0. The molecule has 4 nitrogen and oxygen atoms in total. The van der Waals surface area contributed by atoms with Crippen LogP contribution in [0.4, 0.5) is 0 Å². The summed E-state index contributed by atoms with van der Waals surface area (Å²) in [5.41, 5.74) is 6.01. The lowest BCUT2D eigenvalue weighted by Gasteiger charge is -2.20. The molecule has 0 aliphatic heterocycles. The Bertz CT molecular complexity index is 584. The Morgan fingerprint density at radius 2 is 1.85 bits per heavy atom. The molecule has 1 unspecified atom stereocenters. The molecule has 0 saturated carbocycles. The summed E-state index contributed by atoms with van der Waals surface area (Å²) in [7, 11) is 3.31. The Morgan fingerprint density at radius 3 is 2.50 bits per heavy atom. The van der Waals surface area contributed by atoms with E-state index in [1.165, 1.54) is 0 Å². The molecule has 4 heteroatoms. The fraction of sp³-hybridized carbons (Fsp3) is 0.250. The van der Waals surface area contributed by atoms with Gasteiger partial charge in [0.1, 0.15) is 11.5 Å². The molecule has 0 aromatic heterocycles. The number of ether oxygens (including phenoxy) is 2. The van der Waals surface area contributed by atoms with Crippen LogP contribution in [0.5, 0.6) is 11.5 Å². The zero-order chi connectivity index (χ0) is 14.5. The second kappa shape index (κ2) is 6.41. The standard InChI is InChI=1S/C16H20N2O2/c1-11-7-8-14(15(9-11)20-3)16(18-17)12-5-4-6-13(10-12)19-2/h4-10,16,18H,17H2,1-3H3. The first kappa shape index (κ1) is 14.4. The van der Waals surface area contributed by atoms with Gasteiger partial charge in [0.05, 0.1) is 20.3 Å². The minimum Gasteiger partial charge on any atom is -0.497 e. The van der Waals surface area contributed by atoms with Crippen LogP contribution in [0.25, 0.3) is 0 Å². The Hall–Kier alpha value is -2.04. The van der Waals surface area contributed by atoms with E-state index in [1.54, 1.807) is 14.2 Å². The quantitative estimate of drug-likeness (QED) is 0.649. The maximum absolute atomic E-state index is 5.74. The Kier molecular flexibility index (Phi) is 4.61. The molecule has 1 atom stereocenters. The van der Waals surface area contributed by atoms with Crippen molar-refractivity contribution in [3.63, 3.8) is 0 Å². The van der Waals surface area contributed by atoms with Crippen molar-refractivity contribution < 1.29 is 9.47 Å². The van der Waals surface area contributed by atoms with Gasteiger partial charge in [0.25, 0.3) is 0 Å². The second-order valence-corrected chi connectivity index (χ2v) is 4.62. The van der Waals surface area contributed by atoms with Crippen molar-refractivity contribution >= 4 is 0 Å². The first-order valence-electron chi connectivity index (χ1n) is 6.44. The number of nitrogens with two attached hydrogens (primary N) is 1. The number of aryl methyl sites for hydroxylation is 1. The van der Waals surface area contributed by atoms with Gasteiger partial charge in [0.2, 0.25) is 0 Å². The van der Waals surface area contributed by atoms with Crippen LogP contribution >= 0.6 is 0 Å². The lowest BCUT2D eigenvalue weighted by Crippen LogP contribution is -2.29. The van der Waals surface area contributed by atoms with E-state index in [0.29, 0.717) is 0 Å². The lowest BCUT2D eigenvalue weighted by atomic mass is 9.97. The van der Waals surface area contributed by atoms with Gasteiger partial charge in [0, 0.05) is 5.56 Å². The van der Waals surface area contributed by atoms with Crippen molar-refractivity contribution in [1.29, 1.82) is 0 Å². The number of hydrogen-bond acceptors (Lipinski definition) is 4. The molecular weight excluding hydrogens is 252 g/mol. The summed E-state index contributed by atoms with van der Waals surface area (Å²) in [6.45, 7) is 2.03. The molecule has 20 heavy (non-hydrogen) atoms. The number of hydrogen-bond donors (Lipinski definition) is 2. The minimum atomic E-state index is -0.152. The topological polar surface area (TPSA) is 56.5 Å². The summed E-state index contributed by atoms with van der Waals surface area (Å²) >= 11 is 0. The first-order valence-corrected chi connectivity index (χ1v) is 6.44. The summed E-state index contributed by atoms with van der Waals surface area (Å²) < 4.78 is 10.7. The van der Waals surface area contributed by atoms with Crippen LogP contribution in [0.1, 0.15) is 22.7 Å². The molecule has 0 saturated heterocycles. The predicted molar refractivity (Wildman–Crippen MR) is 79.9 cm³/mol. The SMILES string of the molecule is COc1cccc(C(NN)c2ccc(C)cc2OC)c1. The van der Waals surface area contributed by atoms with Crippen molar-refractivity contribution in [2.75, 3.05) is 14.2 Å². The molecule has 0 amide bonds. The van der Waals surface area contributed by atoms with Gasteiger partial charge in [-0.05, 0) is 36.2 Å². The number of hydrazine groups is 1. The van der Waals surface area contributed by atoms with Gasteiger partial charge in [-0.25, -0.2) is 5.43 Å². The maximum atomic E-state index is 5.74. The molecule has 2 aromatic carbocycles. The van der Waals surface area contributed by atoms with Gasteiger partial charge < -0.3 is 9.47 Å². The van der Waals surface area contributed by atoms with E-state index in [1.807, 2.05) is 49.4 Å². The van der Waals surface area contributed by atoms with Crippen LogP contribution < -0.4 is 20.7 Å². The summed E-state index contributed by atoms with van der Waals surface area (Å²) in [6, 6.07) is 13.7. The number of rotatable bonds is 5. The van der Waals surface area contributed by atoms with E-state index in [-0.39, 0.29) is 6.04 Å². The zero-order valence-corrected chi connectivity index (χ0v) is 12.0. The molecule has 0 heterocycles. The highest BCUT2D eigenvalue weighted by Gasteiger charge is 2.17. The highest BCUT2D eigenvalue weighted by atomic mass is 16.5. The van der Waals surface area contributed by atoms with Crippen molar-refractivity contribution in [2.24, 2.45) is 5.84 Å². The van der Waals surface area contributed by atoms with E-state index < -0.39 is 0 Å². The third kappa shape index (κ3) is 2.92. The van der Waals surface area contributed by atoms with Crippen LogP contribution in [-0.4, -0.2) is 14.2 Å². The van der Waals surface area contributed by atoms with Crippen LogP contribution in [0, 0.1) is 6.92 Å². The fourth-order valence-electron chi connectivity index (χ4n) is 2.24. The average molecular weight is 272 g/mol. The summed E-state index contributed by atoms with van der Waals surface area (Å²) in [6.07, 6.45) is 0. The highest BCUT2D eigenvalue weighted by molar-refractivity contribution is 5.45. The van der Waals surface area contributed by atoms with Gasteiger partial charge in [-0.2, -0.15) is 0 Å². The molecule has 2 aromatic rings. The maximum Gasteiger partial charge on any atom is 0.124 e. The zero-order valence-electron chi connectivity index (χ0n) is 12.0. The summed E-state index contributed by atoms with van der Waals surface area (Å²) in [5, 5.41) is 0. The lowest BCUT2D eigenvalue weighted by molar-refractivity contribution is 0.402. The van der Waals surface area contributed by atoms with Crippen molar-refractivity contribution in [1.82, 2.24) is 5.43 Å². The monoisotopic (exact) mass is 272 g/mol. The average Bonchev–Trinajstić information content (AvgIpc) is 2.49. The number of benzene rings is 2. The number of nitrogens with one attached hydrogen (secondary N) is 1. The Balaban J connectivity index is 2.46. The van der Waals surface area contributed by atoms with Gasteiger partial charge in [-0.15, -0.1) is 0 Å². The van der Waals surface area contributed by atoms with Crippen LogP contribution in [0.3, 0.4) is 0 Å². The van der Waals surface area contributed by atoms with E-state index in [2.05, 4.69) is 5.43 Å². The smallest absolute Gasteiger partial charge is 0.124 e. The molecule has 0 radical (unpaired) electrons. The van der Waals surface area contributed by atoms with Crippen molar-refractivity contribution in [3.8, 4) is 11.5 Å². The van der Waals surface area contributed by atoms with Crippen molar-refractivity contribution in [3.05, 3.63) is 59.2 Å². The van der Waals surface area contributed by atoms with Crippen LogP contribution in [0.2, 0.25) is 0 Å². The van der Waals surface area contributed by atoms with Gasteiger partial charge in [0.15, 0.2) is 0 Å². The molecule has 0 aliphatic rings. The predicted octanol–water partition coefficient (Wildman–Crippen LogP) is 2.56. The number of methoxy groups -OCH3 is 2. The van der Waals surface area contributed by atoms with E-state index in [9.17, 15) is 0 Å². The van der Waals surface area contributed by atoms with E-state index >= 15 is 0 Å². The third-order valence-electron chi connectivity index (χ3n) is 3.29. The van der Waals surface area contributed by atoms with Gasteiger partial charge in [-0.3, -0.25) is 5.84 Å². The Labute approximate surface area is 119 Å². The van der Waals surface area contributed by atoms with Crippen molar-refractivity contribution in [2.45, 2.75) is 13.0 Å². The van der Waals surface area contributed by atoms with E-state index in [0.717, 1.165) is 28.2 Å². The molecule has 0 bridgehead atoms. The molecule has 3 N–H and O–H groups in total. The highest BCUT2D eigenvalue weighted by Crippen LogP contribution is 2.31. The largest absolute Gasteiger partial charge is 0.497 e. The first-order chi connectivity index (χ1) is 9.69. The molecule has 106 valence electrons. The molecule has 2 rings (SSSR count). The molecule has 0 fully saturated rings. The van der Waals surface area contributed by atoms with Crippen LogP contribution in [0.15, 0.2) is 42.5 Å². The fourth-order valence-corrected chi connectivity index (χ4v) is 2.24. The second-order valence-electron chi connectivity index (χ2n) is 4.62. The van der Waals surface area contributed by atoms with Gasteiger partial charge >= 0.3 is 0 Å². The minimum absolute atomic E-state index is 0.152. The molecule has 0 spiro atoms. The third-order valence-corrected chi connectivity index (χ3v) is 3.29. The molecule has 0 aliphatic carbocycles.